The number of aromatic amines is 1. The summed E-state index contributed by atoms with van der Waals surface area (Å²) in [6.07, 6.45) is 1.77. The number of benzene rings is 2. The van der Waals surface area contributed by atoms with Crippen molar-refractivity contribution in [3.05, 3.63) is 74.9 Å². The molecule has 7 heteroatoms. The minimum atomic E-state index is -0.471. The molecular formula is C19H13ClN2O3S. The molecule has 2 aromatic heterocycles. The highest BCUT2D eigenvalue weighted by Crippen LogP contribution is 2.27. The Bertz CT molecular complexity index is 1220. The third kappa shape index (κ3) is 2.83. The number of nitrogens with zero attached hydrogens (tertiary/aromatic N) is 1. The molecule has 0 spiro atoms. The van der Waals surface area contributed by atoms with Gasteiger partial charge in [-0.1, -0.05) is 23.7 Å². The van der Waals surface area contributed by atoms with E-state index in [1.807, 2.05) is 24.3 Å². The van der Waals surface area contributed by atoms with E-state index in [4.69, 9.17) is 33.0 Å². The molecule has 0 saturated carbocycles. The van der Waals surface area contributed by atoms with Gasteiger partial charge in [-0.15, -0.1) is 0 Å². The second kappa shape index (κ2) is 6.48. The van der Waals surface area contributed by atoms with Gasteiger partial charge in [0.2, 0.25) is 0 Å². The van der Waals surface area contributed by atoms with Crippen molar-refractivity contribution in [3.8, 4) is 22.7 Å². The van der Waals surface area contributed by atoms with Crippen LogP contribution in [0.15, 0.2) is 63.9 Å². The Morgan fingerprint density at radius 3 is 2.69 bits per heavy atom. The van der Waals surface area contributed by atoms with Crippen LogP contribution in [-0.2, 0) is 0 Å². The number of fused-ring (bicyclic) bond motifs is 1. The van der Waals surface area contributed by atoms with E-state index < -0.39 is 5.63 Å². The Labute approximate surface area is 158 Å². The Morgan fingerprint density at radius 2 is 1.96 bits per heavy atom. The minimum absolute atomic E-state index is 0.393. The first-order chi connectivity index (χ1) is 12.6. The van der Waals surface area contributed by atoms with Gasteiger partial charge >= 0.3 is 5.63 Å². The van der Waals surface area contributed by atoms with Crippen molar-refractivity contribution in [1.82, 2.24) is 9.55 Å². The number of ether oxygens (including phenoxy) is 1. The number of halogens is 1. The number of methoxy groups -OCH3 is 1. The van der Waals surface area contributed by atoms with E-state index in [1.165, 1.54) is 7.11 Å². The highest BCUT2D eigenvalue weighted by molar-refractivity contribution is 7.71. The summed E-state index contributed by atoms with van der Waals surface area (Å²) in [5.41, 5.74) is 1.75. The molecule has 0 aliphatic rings. The van der Waals surface area contributed by atoms with Crippen LogP contribution < -0.4 is 10.4 Å². The maximum atomic E-state index is 12.5. The molecule has 0 aliphatic carbocycles. The van der Waals surface area contributed by atoms with Gasteiger partial charge in [0, 0.05) is 22.3 Å². The summed E-state index contributed by atoms with van der Waals surface area (Å²) in [7, 11) is 1.53. The number of aromatic nitrogens is 2. The van der Waals surface area contributed by atoms with Gasteiger partial charge in [-0.05, 0) is 48.6 Å². The van der Waals surface area contributed by atoms with E-state index >= 15 is 0 Å². The molecule has 0 radical (unpaired) electrons. The summed E-state index contributed by atoms with van der Waals surface area (Å²) in [6.45, 7) is 0. The maximum Gasteiger partial charge on any atom is 0.345 e. The molecule has 0 amide bonds. The number of nitrogens with one attached hydrogen (secondary N) is 1. The molecule has 2 aromatic carbocycles. The van der Waals surface area contributed by atoms with Crippen LogP contribution in [0.1, 0.15) is 0 Å². The summed E-state index contributed by atoms with van der Waals surface area (Å²) < 4.78 is 13.0. The lowest BCUT2D eigenvalue weighted by atomic mass is 10.1. The van der Waals surface area contributed by atoms with Gasteiger partial charge in [-0.3, -0.25) is 4.57 Å². The van der Waals surface area contributed by atoms with E-state index in [1.54, 1.807) is 35.0 Å². The number of rotatable bonds is 3. The predicted octanol–water partition coefficient (Wildman–Crippen LogP) is 4.97. The normalized spacial score (nSPS) is 11.0. The topological polar surface area (TPSA) is 60.2 Å². The Morgan fingerprint density at radius 1 is 1.19 bits per heavy atom. The average Bonchev–Trinajstić information content (AvgIpc) is 3.03. The molecule has 1 N–H and O–H groups in total. The quantitative estimate of drug-likeness (QED) is 0.400. The van der Waals surface area contributed by atoms with Crippen LogP contribution in [0.2, 0.25) is 5.02 Å². The molecule has 0 atom stereocenters. The molecule has 5 nitrogen and oxygen atoms in total. The molecule has 4 rings (SSSR count). The van der Waals surface area contributed by atoms with E-state index in [9.17, 15) is 4.79 Å². The van der Waals surface area contributed by atoms with Crippen molar-refractivity contribution in [2.24, 2.45) is 0 Å². The van der Waals surface area contributed by atoms with Crippen molar-refractivity contribution in [3.63, 3.8) is 0 Å². The summed E-state index contributed by atoms with van der Waals surface area (Å²) in [4.78, 5) is 15.6. The zero-order valence-corrected chi connectivity index (χ0v) is 15.2. The lowest BCUT2D eigenvalue weighted by Gasteiger charge is -2.05. The fourth-order valence-corrected chi connectivity index (χ4v) is 3.19. The largest absolute Gasteiger partial charge is 0.493 e. The maximum absolute atomic E-state index is 12.5. The summed E-state index contributed by atoms with van der Waals surface area (Å²) >= 11 is 11.3. The third-order valence-electron chi connectivity index (χ3n) is 4.06. The second-order valence-electron chi connectivity index (χ2n) is 5.65. The summed E-state index contributed by atoms with van der Waals surface area (Å²) in [6, 6.07) is 14.5. The number of para-hydroxylation sites is 1. The molecule has 4 aromatic rings. The standard InChI is InChI=1S/C19H13ClN2O3S/c1-24-16-4-2-3-11-9-14(18(23)25-17(11)16)15-10-22(19(26)21-15)13-7-5-12(20)6-8-13/h2-10H,1H3,(H,21,26). The van der Waals surface area contributed by atoms with Crippen LogP contribution >= 0.6 is 23.8 Å². The molecule has 130 valence electrons. The first-order valence-corrected chi connectivity index (χ1v) is 8.54. The molecule has 0 unspecified atom stereocenters. The fourth-order valence-electron chi connectivity index (χ4n) is 2.79. The number of imidazole rings is 1. The molecule has 2 heterocycles. The van der Waals surface area contributed by atoms with E-state index in [0.717, 1.165) is 11.1 Å². The van der Waals surface area contributed by atoms with Crippen LogP contribution in [-0.4, -0.2) is 16.7 Å². The number of H-pyrrole nitrogens is 1. The SMILES string of the molecule is COc1cccc2cc(-c3cn(-c4ccc(Cl)cc4)c(=S)[nH]3)c(=O)oc12. The molecule has 0 fully saturated rings. The van der Waals surface area contributed by atoms with Crippen LogP contribution in [0.4, 0.5) is 0 Å². The first kappa shape index (κ1) is 16.6. The summed E-state index contributed by atoms with van der Waals surface area (Å²) in [5.74, 6) is 0.512. The van der Waals surface area contributed by atoms with Gasteiger partial charge in [-0.2, -0.15) is 0 Å². The highest BCUT2D eigenvalue weighted by Gasteiger charge is 2.13. The molecule has 26 heavy (non-hydrogen) atoms. The monoisotopic (exact) mass is 384 g/mol. The van der Waals surface area contributed by atoms with Gasteiger partial charge in [0.05, 0.1) is 18.4 Å². The van der Waals surface area contributed by atoms with Crippen LogP contribution in [0.5, 0.6) is 5.75 Å². The minimum Gasteiger partial charge on any atom is -0.493 e. The third-order valence-corrected chi connectivity index (χ3v) is 4.61. The van der Waals surface area contributed by atoms with Crippen LogP contribution in [0, 0.1) is 4.77 Å². The Hall–Kier alpha value is -2.83. The summed E-state index contributed by atoms with van der Waals surface area (Å²) in [5, 5.41) is 1.40. The lowest BCUT2D eigenvalue weighted by Crippen LogP contribution is -2.03. The van der Waals surface area contributed by atoms with Gasteiger partial charge in [0.15, 0.2) is 16.1 Å². The highest BCUT2D eigenvalue weighted by atomic mass is 35.5. The van der Waals surface area contributed by atoms with Crippen molar-refractivity contribution >= 4 is 34.8 Å². The number of hydrogen-bond acceptors (Lipinski definition) is 4. The van der Waals surface area contributed by atoms with E-state index in [0.29, 0.717) is 32.4 Å². The molecule has 0 bridgehead atoms. The average molecular weight is 385 g/mol. The van der Waals surface area contributed by atoms with E-state index in [2.05, 4.69) is 4.98 Å². The van der Waals surface area contributed by atoms with Crippen molar-refractivity contribution in [2.45, 2.75) is 0 Å². The van der Waals surface area contributed by atoms with Gasteiger partial charge in [0.1, 0.15) is 0 Å². The van der Waals surface area contributed by atoms with Gasteiger partial charge < -0.3 is 14.1 Å². The molecule has 0 saturated heterocycles. The van der Waals surface area contributed by atoms with Crippen LogP contribution in [0.3, 0.4) is 0 Å². The second-order valence-corrected chi connectivity index (χ2v) is 6.47. The zero-order chi connectivity index (χ0) is 18.3. The fraction of sp³-hybridized carbons (Fsp3) is 0.0526. The van der Waals surface area contributed by atoms with Crippen molar-refractivity contribution < 1.29 is 9.15 Å². The van der Waals surface area contributed by atoms with Crippen molar-refractivity contribution in [1.29, 1.82) is 0 Å². The smallest absolute Gasteiger partial charge is 0.345 e. The van der Waals surface area contributed by atoms with E-state index in [-0.39, 0.29) is 0 Å². The van der Waals surface area contributed by atoms with Crippen LogP contribution in [0.25, 0.3) is 27.9 Å². The van der Waals surface area contributed by atoms with Gasteiger partial charge in [-0.25, -0.2) is 4.79 Å². The zero-order valence-electron chi connectivity index (χ0n) is 13.7. The van der Waals surface area contributed by atoms with Gasteiger partial charge in [0.25, 0.3) is 0 Å². The van der Waals surface area contributed by atoms with Crippen molar-refractivity contribution in [2.75, 3.05) is 7.11 Å². The molecule has 0 aliphatic heterocycles. The molecular weight excluding hydrogens is 372 g/mol. The predicted molar refractivity (Wildman–Crippen MR) is 104 cm³/mol. The Balaban J connectivity index is 1.87. The lowest BCUT2D eigenvalue weighted by molar-refractivity contribution is 0.407. The first-order valence-electron chi connectivity index (χ1n) is 7.75. The Kier molecular flexibility index (Phi) is 4.14. The number of hydrogen-bond donors (Lipinski definition) is 1.